The Morgan fingerprint density at radius 1 is 1.18 bits per heavy atom. The van der Waals surface area contributed by atoms with Crippen molar-refractivity contribution in [3.05, 3.63) is 111 Å². The minimum atomic E-state index is -0.484. The van der Waals surface area contributed by atoms with Crippen LogP contribution in [0.1, 0.15) is 44.4 Å². The van der Waals surface area contributed by atoms with Gasteiger partial charge in [-0.2, -0.15) is 5.10 Å². The van der Waals surface area contributed by atoms with Crippen molar-refractivity contribution in [1.82, 2.24) is 24.6 Å². The molecule has 3 aromatic heterocycles. The van der Waals surface area contributed by atoms with Gasteiger partial charge < -0.3 is 19.4 Å². The minimum Gasteiger partial charge on any atom is -0.494 e. The van der Waals surface area contributed by atoms with E-state index in [4.69, 9.17) is 9.47 Å². The highest BCUT2D eigenvalue weighted by molar-refractivity contribution is 5.95. The van der Waals surface area contributed by atoms with E-state index < -0.39 is 5.82 Å². The first-order valence-electron chi connectivity index (χ1n) is 12.3. The number of carbonyl (C=O) groups is 1. The Morgan fingerprint density at radius 2 is 2.03 bits per heavy atom. The zero-order valence-corrected chi connectivity index (χ0v) is 21.2. The van der Waals surface area contributed by atoms with Gasteiger partial charge in [0.05, 0.1) is 56.3 Å². The molecule has 1 N–H and O–H groups in total. The number of benzene rings is 1. The fourth-order valence-corrected chi connectivity index (χ4v) is 4.32. The molecule has 0 bridgehead atoms. The number of aromatic nitrogens is 4. The van der Waals surface area contributed by atoms with Crippen molar-refractivity contribution in [2.75, 3.05) is 20.3 Å². The number of methoxy groups -OCH3 is 1. The monoisotopic (exact) mass is 517 g/mol. The second-order valence-corrected chi connectivity index (χ2v) is 9.24. The van der Waals surface area contributed by atoms with Gasteiger partial charge in [-0.15, -0.1) is 0 Å². The number of aryl methyl sites for hydroxylation is 1. The predicted octanol–water partition coefficient (Wildman–Crippen LogP) is 3.04. The number of nitrogens with zero attached hydrogens (tertiary/aromatic N) is 4. The number of halogens is 1. The van der Waals surface area contributed by atoms with E-state index in [1.54, 1.807) is 53.0 Å². The first kappa shape index (κ1) is 25.3. The maximum atomic E-state index is 14.7. The third kappa shape index (κ3) is 5.35. The summed E-state index contributed by atoms with van der Waals surface area (Å²) in [6.45, 7) is 3.59. The lowest BCUT2D eigenvalue weighted by molar-refractivity contribution is 0.00619. The molecule has 38 heavy (non-hydrogen) atoms. The molecule has 1 aliphatic rings. The maximum absolute atomic E-state index is 14.7. The first-order valence-corrected chi connectivity index (χ1v) is 12.3. The average Bonchev–Trinajstić information content (AvgIpc) is 3.28. The highest BCUT2D eigenvalue weighted by Gasteiger charge is 2.29. The number of ether oxygens (including phenoxy) is 2. The Balaban J connectivity index is 1.30. The summed E-state index contributed by atoms with van der Waals surface area (Å²) in [5.41, 5.74) is 3.76. The van der Waals surface area contributed by atoms with Gasteiger partial charge in [0.2, 0.25) is 0 Å². The molecular formula is C28H28FN5O4. The Labute approximate surface area is 218 Å². The number of carbonyl (C=O) groups excluding carboxylic acids is 1. The van der Waals surface area contributed by atoms with Gasteiger partial charge in [-0.3, -0.25) is 19.3 Å². The second kappa shape index (κ2) is 11.0. The van der Waals surface area contributed by atoms with E-state index in [0.29, 0.717) is 43.1 Å². The number of pyridine rings is 2. The smallest absolute Gasteiger partial charge is 0.255 e. The third-order valence-electron chi connectivity index (χ3n) is 6.61. The molecule has 0 saturated carbocycles. The molecule has 0 unspecified atom stereocenters. The van der Waals surface area contributed by atoms with Gasteiger partial charge in [-0.1, -0.05) is 18.2 Å². The number of nitrogens with one attached hydrogen (secondary N) is 1. The number of hydrogen-bond donors (Lipinski definition) is 1. The summed E-state index contributed by atoms with van der Waals surface area (Å²) in [7, 11) is 1.41. The third-order valence-corrected chi connectivity index (χ3v) is 6.61. The van der Waals surface area contributed by atoms with E-state index >= 15 is 0 Å². The SMILES string of the molecule is COc1ccc(C)c(CNC(=O)c2cn(Cc3ccc(Cn4ccccc4=O)cn3)nc2C2COC2)c1F. The lowest BCUT2D eigenvalue weighted by Gasteiger charge is -2.25. The van der Waals surface area contributed by atoms with Crippen molar-refractivity contribution in [3.8, 4) is 5.75 Å². The Kier molecular flexibility index (Phi) is 7.32. The molecule has 0 spiro atoms. The molecule has 1 saturated heterocycles. The fraction of sp³-hybridized carbons (Fsp3) is 0.286. The van der Waals surface area contributed by atoms with E-state index in [-0.39, 0.29) is 29.7 Å². The molecule has 0 atom stereocenters. The molecule has 196 valence electrons. The van der Waals surface area contributed by atoms with Crippen LogP contribution in [0.3, 0.4) is 0 Å². The van der Waals surface area contributed by atoms with E-state index in [1.165, 1.54) is 13.2 Å². The highest BCUT2D eigenvalue weighted by Crippen LogP contribution is 2.27. The molecule has 1 fully saturated rings. The van der Waals surface area contributed by atoms with Gasteiger partial charge in [0.15, 0.2) is 11.6 Å². The predicted molar refractivity (Wildman–Crippen MR) is 138 cm³/mol. The van der Waals surface area contributed by atoms with Crippen LogP contribution in [0, 0.1) is 12.7 Å². The molecule has 1 aromatic carbocycles. The lowest BCUT2D eigenvalue weighted by atomic mass is 10.00. The van der Waals surface area contributed by atoms with Crippen molar-refractivity contribution in [2.45, 2.75) is 32.5 Å². The molecule has 10 heteroatoms. The molecule has 9 nitrogen and oxygen atoms in total. The van der Waals surface area contributed by atoms with Crippen LogP contribution in [-0.4, -0.2) is 45.6 Å². The molecule has 4 heterocycles. The lowest BCUT2D eigenvalue weighted by Crippen LogP contribution is -2.30. The van der Waals surface area contributed by atoms with Crippen LogP contribution in [0.2, 0.25) is 0 Å². The molecule has 1 amide bonds. The zero-order chi connectivity index (χ0) is 26.6. The molecule has 0 aliphatic carbocycles. The summed E-state index contributed by atoms with van der Waals surface area (Å²) in [5, 5.41) is 7.50. The molecular weight excluding hydrogens is 489 g/mol. The summed E-state index contributed by atoms with van der Waals surface area (Å²) in [6, 6.07) is 12.2. The van der Waals surface area contributed by atoms with Gasteiger partial charge in [-0.25, -0.2) is 4.39 Å². The van der Waals surface area contributed by atoms with Crippen LogP contribution in [0.4, 0.5) is 4.39 Å². The highest BCUT2D eigenvalue weighted by atomic mass is 19.1. The van der Waals surface area contributed by atoms with Crippen molar-refractivity contribution in [3.63, 3.8) is 0 Å². The number of rotatable bonds is 9. The van der Waals surface area contributed by atoms with Crippen molar-refractivity contribution < 1.29 is 18.7 Å². The molecule has 1 aliphatic heterocycles. The van der Waals surface area contributed by atoms with Crippen LogP contribution >= 0.6 is 0 Å². The zero-order valence-electron chi connectivity index (χ0n) is 21.2. The molecule has 5 rings (SSSR count). The topological polar surface area (TPSA) is 100 Å². The van der Waals surface area contributed by atoms with Gasteiger partial charge in [0, 0.05) is 36.8 Å². The summed E-state index contributed by atoms with van der Waals surface area (Å²) >= 11 is 0. The summed E-state index contributed by atoms with van der Waals surface area (Å²) in [4.78, 5) is 29.6. The molecule has 4 aromatic rings. The van der Waals surface area contributed by atoms with Gasteiger partial charge >= 0.3 is 0 Å². The second-order valence-electron chi connectivity index (χ2n) is 9.24. The summed E-state index contributed by atoms with van der Waals surface area (Å²) in [6.07, 6.45) is 5.16. The van der Waals surface area contributed by atoms with E-state index in [1.807, 2.05) is 18.2 Å². The minimum absolute atomic E-state index is 0.0202. The normalized spacial score (nSPS) is 13.2. The quantitative estimate of drug-likeness (QED) is 0.366. The Morgan fingerprint density at radius 3 is 2.71 bits per heavy atom. The van der Waals surface area contributed by atoms with Crippen molar-refractivity contribution in [2.24, 2.45) is 0 Å². The van der Waals surface area contributed by atoms with E-state index in [9.17, 15) is 14.0 Å². The number of amides is 1. The van der Waals surface area contributed by atoms with Gasteiger partial charge in [0.25, 0.3) is 11.5 Å². The maximum Gasteiger partial charge on any atom is 0.255 e. The van der Waals surface area contributed by atoms with E-state index in [2.05, 4.69) is 15.4 Å². The van der Waals surface area contributed by atoms with Crippen LogP contribution in [0.5, 0.6) is 5.75 Å². The van der Waals surface area contributed by atoms with Crippen LogP contribution in [-0.2, 0) is 24.4 Å². The largest absolute Gasteiger partial charge is 0.494 e. The summed E-state index contributed by atoms with van der Waals surface area (Å²) < 4.78 is 28.4. The van der Waals surface area contributed by atoms with Gasteiger partial charge in [-0.05, 0) is 36.2 Å². The fourth-order valence-electron chi connectivity index (χ4n) is 4.32. The van der Waals surface area contributed by atoms with Crippen molar-refractivity contribution >= 4 is 5.91 Å². The van der Waals surface area contributed by atoms with Gasteiger partial charge in [0.1, 0.15) is 0 Å². The Hall–Kier alpha value is -4.31. The standard InChI is InChI=1S/C28H28FN5O4/c1-18-6-9-24(37-2)26(29)22(18)12-31-28(36)23-15-34(32-27(23)20-16-38-17-20)14-21-8-7-19(11-30-21)13-33-10-4-3-5-25(33)35/h3-11,15,20H,12-14,16-17H2,1-2H3,(H,31,36). The average molecular weight is 518 g/mol. The number of hydrogen-bond acceptors (Lipinski definition) is 6. The van der Waals surface area contributed by atoms with E-state index in [0.717, 1.165) is 16.8 Å². The Bertz CT molecular complexity index is 1510. The van der Waals surface area contributed by atoms with Crippen LogP contribution < -0.4 is 15.6 Å². The van der Waals surface area contributed by atoms with Crippen LogP contribution in [0.15, 0.2) is 65.8 Å². The van der Waals surface area contributed by atoms with Crippen LogP contribution in [0.25, 0.3) is 0 Å². The van der Waals surface area contributed by atoms with Crippen molar-refractivity contribution in [1.29, 1.82) is 0 Å². The summed E-state index contributed by atoms with van der Waals surface area (Å²) in [5.74, 6) is -0.666. The molecule has 0 radical (unpaired) electrons. The first-order chi connectivity index (χ1) is 18.4.